The molecule has 0 saturated carbocycles. The molecule has 0 aliphatic rings. The Labute approximate surface area is 177 Å². The molecule has 2 aromatic carbocycles. The Balaban J connectivity index is 1.65. The molecule has 3 rings (SSSR count). The summed E-state index contributed by atoms with van der Waals surface area (Å²) in [6.45, 7) is 3.93. The third-order valence-electron chi connectivity index (χ3n) is 4.07. The van der Waals surface area contributed by atoms with Gasteiger partial charge in [-0.2, -0.15) is 0 Å². The summed E-state index contributed by atoms with van der Waals surface area (Å²) in [7, 11) is 1.55. The topological polar surface area (TPSA) is 102 Å². The first-order chi connectivity index (χ1) is 14.5. The number of hydrogen-bond acceptors (Lipinski definition) is 6. The Morgan fingerprint density at radius 3 is 2.63 bits per heavy atom. The number of fused-ring (bicyclic) bond motifs is 1. The van der Waals surface area contributed by atoms with Gasteiger partial charge in [-0.3, -0.25) is 19.5 Å². The Morgan fingerprint density at radius 2 is 1.93 bits per heavy atom. The zero-order valence-electron chi connectivity index (χ0n) is 16.3. The van der Waals surface area contributed by atoms with Gasteiger partial charge in [-0.25, -0.2) is 9.78 Å². The number of nitrogens with one attached hydrogen (secondary N) is 2. The minimum Gasteiger partial charge on any atom is -0.497 e. The maximum Gasteiger partial charge on any atom is 0.325 e. The van der Waals surface area contributed by atoms with Gasteiger partial charge >= 0.3 is 6.03 Å². The maximum absolute atomic E-state index is 12.7. The van der Waals surface area contributed by atoms with E-state index in [4.69, 9.17) is 4.74 Å². The van der Waals surface area contributed by atoms with E-state index in [1.54, 1.807) is 61.7 Å². The highest BCUT2D eigenvalue weighted by Crippen LogP contribution is 2.18. The first-order valence-corrected chi connectivity index (χ1v) is 9.98. The number of ether oxygens (including phenoxy) is 1. The Morgan fingerprint density at radius 1 is 1.20 bits per heavy atom. The lowest BCUT2D eigenvalue weighted by atomic mass is 10.2. The van der Waals surface area contributed by atoms with Crippen LogP contribution in [0.25, 0.3) is 10.9 Å². The second-order valence-corrected chi connectivity index (χ2v) is 7.08. The summed E-state index contributed by atoms with van der Waals surface area (Å²) in [4.78, 5) is 41.4. The molecule has 30 heavy (non-hydrogen) atoms. The standard InChI is InChI=1S/C21H20N4O4S/c1-3-12-25-19(27)16-6-4-5-7-17(16)23-21(25)30-13-18(26)24-20(28)22-14-8-10-15(29-2)11-9-14/h3-11H,1,12-13H2,2H3,(H2,22,24,26,28). The summed E-state index contributed by atoms with van der Waals surface area (Å²) < 4.78 is 6.50. The number of thioether (sulfide) groups is 1. The fourth-order valence-electron chi connectivity index (χ4n) is 2.68. The van der Waals surface area contributed by atoms with Gasteiger partial charge in [0.2, 0.25) is 5.91 Å². The molecule has 0 fully saturated rings. The fourth-order valence-corrected chi connectivity index (χ4v) is 3.49. The number of urea groups is 1. The number of anilines is 1. The van der Waals surface area contributed by atoms with Crippen LogP contribution in [0.15, 0.2) is 71.1 Å². The first-order valence-electron chi connectivity index (χ1n) is 9.00. The van der Waals surface area contributed by atoms with E-state index in [0.717, 1.165) is 11.8 Å². The fraction of sp³-hybridized carbons (Fsp3) is 0.143. The van der Waals surface area contributed by atoms with Gasteiger partial charge < -0.3 is 10.1 Å². The molecule has 0 bridgehead atoms. The van der Waals surface area contributed by atoms with Gasteiger partial charge in [-0.1, -0.05) is 30.0 Å². The van der Waals surface area contributed by atoms with Crippen molar-refractivity contribution in [2.75, 3.05) is 18.2 Å². The monoisotopic (exact) mass is 424 g/mol. The normalized spacial score (nSPS) is 10.4. The minimum absolute atomic E-state index is 0.0854. The zero-order valence-corrected chi connectivity index (χ0v) is 17.1. The molecule has 1 heterocycles. The molecule has 8 nitrogen and oxygen atoms in total. The predicted molar refractivity (Wildman–Crippen MR) is 117 cm³/mol. The molecule has 0 aliphatic heterocycles. The summed E-state index contributed by atoms with van der Waals surface area (Å²) in [5.41, 5.74) is 0.855. The van der Waals surface area contributed by atoms with E-state index in [2.05, 4.69) is 22.2 Å². The van der Waals surface area contributed by atoms with Crippen LogP contribution in [0.5, 0.6) is 5.75 Å². The van der Waals surface area contributed by atoms with Crippen molar-refractivity contribution in [3.8, 4) is 5.75 Å². The van der Waals surface area contributed by atoms with Gasteiger partial charge in [-0.05, 0) is 36.4 Å². The molecule has 9 heteroatoms. The summed E-state index contributed by atoms with van der Waals surface area (Å²) in [5.74, 6) is 0.0540. The molecule has 1 aromatic heterocycles. The number of rotatable bonds is 7. The number of aromatic nitrogens is 2. The molecule has 0 spiro atoms. The van der Waals surface area contributed by atoms with Crippen LogP contribution < -0.4 is 20.9 Å². The number of nitrogens with zero attached hydrogens (tertiary/aromatic N) is 2. The van der Waals surface area contributed by atoms with E-state index in [1.165, 1.54) is 4.57 Å². The Hall–Kier alpha value is -3.59. The van der Waals surface area contributed by atoms with Crippen LogP contribution in [0.1, 0.15) is 0 Å². The number of methoxy groups -OCH3 is 1. The molecule has 3 amide bonds. The van der Waals surface area contributed by atoms with E-state index >= 15 is 0 Å². The van der Waals surface area contributed by atoms with E-state index in [1.807, 2.05) is 0 Å². The lowest BCUT2D eigenvalue weighted by Crippen LogP contribution is -2.35. The van der Waals surface area contributed by atoms with Crippen molar-refractivity contribution in [3.05, 3.63) is 71.5 Å². The second kappa shape index (κ2) is 9.75. The van der Waals surface area contributed by atoms with Crippen molar-refractivity contribution in [1.29, 1.82) is 0 Å². The second-order valence-electron chi connectivity index (χ2n) is 6.14. The number of carbonyl (C=O) groups excluding carboxylic acids is 2. The van der Waals surface area contributed by atoms with Gasteiger partial charge in [0.05, 0.1) is 23.8 Å². The van der Waals surface area contributed by atoms with Crippen LogP contribution in [0, 0.1) is 0 Å². The van der Waals surface area contributed by atoms with Crippen LogP contribution in [0.4, 0.5) is 10.5 Å². The van der Waals surface area contributed by atoms with Crippen LogP contribution in [0.2, 0.25) is 0 Å². The number of hydrogen-bond donors (Lipinski definition) is 2. The third kappa shape index (κ3) is 5.06. The van der Waals surface area contributed by atoms with E-state index in [0.29, 0.717) is 27.5 Å². The molecule has 154 valence electrons. The van der Waals surface area contributed by atoms with Crippen molar-refractivity contribution in [3.63, 3.8) is 0 Å². The minimum atomic E-state index is -0.652. The molecule has 3 aromatic rings. The van der Waals surface area contributed by atoms with E-state index in [-0.39, 0.29) is 17.9 Å². The molecular weight excluding hydrogens is 404 g/mol. The number of para-hydroxylation sites is 1. The number of allylic oxidation sites excluding steroid dienone is 1. The molecule has 0 radical (unpaired) electrons. The van der Waals surface area contributed by atoms with Gasteiger partial charge in [0.25, 0.3) is 5.56 Å². The van der Waals surface area contributed by atoms with Crippen molar-refractivity contribution in [1.82, 2.24) is 14.9 Å². The van der Waals surface area contributed by atoms with Crippen LogP contribution in [-0.4, -0.2) is 34.4 Å². The SMILES string of the molecule is C=CCn1c(SCC(=O)NC(=O)Nc2ccc(OC)cc2)nc2ccccc2c1=O. The van der Waals surface area contributed by atoms with Crippen LogP contribution in [-0.2, 0) is 11.3 Å². The molecule has 0 atom stereocenters. The molecular formula is C21H20N4O4S. The van der Waals surface area contributed by atoms with Crippen LogP contribution in [0.3, 0.4) is 0 Å². The molecule has 2 N–H and O–H groups in total. The summed E-state index contributed by atoms with van der Waals surface area (Å²) >= 11 is 1.07. The summed E-state index contributed by atoms with van der Waals surface area (Å²) in [6, 6.07) is 13.0. The highest BCUT2D eigenvalue weighted by Gasteiger charge is 2.14. The van der Waals surface area contributed by atoms with E-state index in [9.17, 15) is 14.4 Å². The van der Waals surface area contributed by atoms with Crippen molar-refractivity contribution in [2.24, 2.45) is 0 Å². The lowest BCUT2D eigenvalue weighted by molar-refractivity contribution is -0.117. The van der Waals surface area contributed by atoms with Gasteiger partial charge in [0, 0.05) is 12.2 Å². The van der Waals surface area contributed by atoms with E-state index < -0.39 is 11.9 Å². The summed E-state index contributed by atoms with van der Waals surface area (Å²) in [5, 5.41) is 5.69. The van der Waals surface area contributed by atoms with Crippen LogP contribution >= 0.6 is 11.8 Å². The maximum atomic E-state index is 12.7. The van der Waals surface area contributed by atoms with Gasteiger partial charge in [0.15, 0.2) is 5.16 Å². The molecule has 0 aliphatic carbocycles. The summed E-state index contributed by atoms with van der Waals surface area (Å²) in [6.07, 6.45) is 1.59. The van der Waals surface area contributed by atoms with Crippen molar-refractivity contribution in [2.45, 2.75) is 11.7 Å². The number of carbonyl (C=O) groups is 2. The smallest absolute Gasteiger partial charge is 0.325 e. The van der Waals surface area contributed by atoms with Gasteiger partial charge in [-0.15, -0.1) is 6.58 Å². The third-order valence-corrected chi connectivity index (χ3v) is 5.05. The largest absolute Gasteiger partial charge is 0.497 e. The lowest BCUT2D eigenvalue weighted by Gasteiger charge is -2.11. The average molecular weight is 424 g/mol. The quantitative estimate of drug-likeness (QED) is 0.343. The van der Waals surface area contributed by atoms with Crippen molar-refractivity contribution >= 4 is 40.3 Å². The van der Waals surface area contributed by atoms with Gasteiger partial charge in [0.1, 0.15) is 5.75 Å². The average Bonchev–Trinajstić information content (AvgIpc) is 2.75. The highest BCUT2D eigenvalue weighted by molar-refractivity contribution is 7.99. The Kier molecular flexibility index (Phi) is 6.87. The predicted octanol–water partition coefficient (Wildman–Crippen LogP) is 3.03. The number of imide groups is 1. The number of benzene rings is 2. The Bertz CT molecular complexity index is 1140. The first kappa shape index (κ1) is 21.1. The molecule has 0 saturated heterocycles. The van der Waals surface area contributed by atoms with Crippen molar-refractivity contribution < 1.29 is 14.3 Å². The zero-order chi connectivity index (χ0) is 21.5. The molecule has 0 unspecified atom stereocenters. The highest BCUT2D eigenvalue weighted by atomic mass is 32.2. The number of amides is 3.